The van der Waals surface area contributed by atoms with E-state index in [0.717, 1.165) is 9.87 Å². The molecule has 2 unspecified atom stereocenters. The van der Waals surface area contributed by atoms with E-state index in [4.69, 9.17) is 4.74 Å². The second-order valence-corrected chi connectivity index (χ2v) is 11.5. The van der Waals surface area contributed by atoms with Crippen LogP contribution in [-0.2, 0) is 24.8 Å². The van der Waals surface area contributed by atoms with E-state index in [1.54, 1.807) is 14.0 Å². The van der Waals surface area contributed by atoms with Crippen molar-refractivity contribution in [3.05, 3.63) is 54.1 Å². The first-order valence-electron chi connectivity index (χ1n) is 9.93. The first kappa shape index (κ1) is 24.2. The second-order valence-electron chi connectivity index (χ2n) is 7.88. The lowest BCUT2D eigenvalue weighted by Crippen LogP contribution is -2.34. The van der Waals surface area contributed by atoms with Crippen molar-refractivity contribution in [1.82, 2.24) is 9.62 Å². The van der Waals surface area contributed by atoms with Crippen LogP contribution in [0.3, 0.4) is 0 Å². The van der Waals surface area contributed by atoms with Crippen LogP contribution in [0, 0.1) is 5.92 Å². The molecule has 3 rings (SSSR count). The summed E-state index contributed by atoms with van der Waals surface area (Å²) in [6.45, 7) is 1.67. The number of hydrogen-bond donors (Lipinski definition) is 1. The Morgan fingerprint density at radius 2 is 1.72 bits per heavy atom. The van der Waals surface area contributed by atoms with Gasteiger partial charge in [0.15, 0.2) is 0 Å². The molecule has 174 valence electrons. The van der Waals surface area contributed by atoms with E-state index in [0.29, 0.717) is 5.75 Å². The summed E-state index contributed by atoms with van der Waals surface area (Å²) in [5.41, 5.74) is 1.04. The zero-order valence-corrected chi connectivity index (χ0v) is 20.0. The minimum absolute atomic E-state index is 0.0226. The van der Waals surface area contributed by atoms with Crippen LogP contribution in [0.5, 0.6) is 5.75 Å². The Morgan fingerprint density at radius 3 is 2.19 bits per heavy atom. The lowest BCUT2D eigenvalue weighted by Gasteiger charge is -2.25. The smallest absolute Gasteiger partial charge is 0.244 e. The molecule has 11 heteroatoms. The van der Waals surface area contributed by atoms with Crippen molar-refractivity contribution < 1.29 is 26.4 Å². The zero-order valence-electron chi connectivity index (χ0n) is 18.3. The maximum Gasteiger partial charge on any atom is 0.244 e. The lowest BCUT2D eigenvalue weighted by molar-refractivity contribution is -0.119. The number of sulfonamides is 2. The molecule has 32 heavy (non-hydrogen) atoms. The Kier molecular flexibility index (Phi) is 6.94. The van der Waals surface area contributed by atoms with Crippen molar-refractivity contribution in [2.24, 2.45) is 5.92 Å². The zero-order chi connectivity index (χ0) is 23.7. The molecule has 1 saturated heterocycles. The molecule has 1 N–H and O–H groups in total. The lowest BCUT2D eigenvalue weighted by atomic mass is 10.1. The third-order valence-corrected chi connectivity index (χ3v) is 8.64. The Labute approximate surface area is 189 Å². The third-order valence-electron chi connectivity index (χ3n) is 5.33. The number of nitrogens with one attached hydrogen (secondary N) is 1. The Balaban J connectivity index is 1.76. The summed E-state index contributed by atoms with van der Waals surface area (Å²) < 4.78 is 58.6. The molecule has 0 spiro atoms. The number of carbonyl (C=O) groups excluding carboxylic acids is 1. The van der Waals surface area contributed by atoms with E-state index in [2.05, 4.69) is 4.72 Å². The van der Waals surface area contributed by atoms with Gasteiger partial charge in [-0.25, -0.2) is 25.9 Å². The Hall–Kier alpha value is -2.47. The van der Waals surface area contributed by atoms with Crippen LogP contribution < -0.4 is 13.8 Å². The molecule has 9 nitrogen and oxygen atoms in total. The third kappa shape index (κ3) is 4.96. The topological polar surface area (TPSA) is 113 Å². The molecule has 1 aliphatic rings. The molecule has 2 aromatic carbocycles. The maximum absolute atomic E-state index is 12.8. The number of benzene rings is 2. The number of hydrogen-bond acceptors (Lipinski definition) is 7. The maximum atomic E-state index is 12.8. The van der Waals surface area contributed by atoms with Crippen molar-refractivity contribution in [3.63, 3.8) is 0 Å². The summed E-state index contributed by atoms with van der Waals surface area (Å²) in [7, 11) is -2.32. The second kappa shape index (κ2) is 9.18. The summed E-state index contributed by atoms with van der Waals surface area (Å²) in [6, 6.07) is 12.4. The highest BCUT2D eigenvalue weighted by atomic mass is 32.2. The van der Waals surface area contributed by atoms with Gasteiger partial charge in [0, 0.05) is 12.6 Å². The van der Waals surface area contributed by atoms with Gasteiger partial charge >= 0.3 is 0 Å². The van der Waals surface area contributed by atoms with E-state index in [-0.39, 0.29) is 28.9 Å². The van der Waals surface area contributed by atoms with Gasteiger partial charge < -0.3 is 9.64 Å². The summed E-state index contributed by atoms with van der Waals surface area (Å²) in [5.74, 6) is -0.706. The fourth-order valence-electron chi connectivity index (χ4n) is 3.54. The molecular weight excluding hydrogens is 454 g/mol. The van der Waals surface area contributed by atoms with Gasteiger partial charge in [0.05, 0.1) is 29.4 Å². The molecule has 2 atom stereocenters. The normalized spacial score (nSPS) is 19.3. The van der Waals surface area contributed by atoms with Gasteiger partial charge in [0.1, 0.15) is 5.75 Å². The van der Waals surface area contributed by atoms with Crippen LogP contribution in [0.1, 0.15) is 18.5 Å². The van der Waals surface area contributed by atoms with Crippen LogP contribution in [0.4, 0.5) is 5.69 Å². The van der Waals surface area contributed by atoms with Gasteiger partial charge in [-0.3, -0.25) is 4.79 Å². The van der Waals surface area contributed by atoms with Gasteiger partial charge in [0.25, 0.3) is 0 Å². The predicted molar refractivity (Wildman–Crippen MR) is 121 cm³/mol. The van der Waals surface area contributed by atoms with Crippen molar-refractivity contribution in [2.45, 2.75) is 17.9 Å². The van der Waals surface area contributed by atoms with E-state index >= 15 is 0 Å². The number of rotatable bonds is 8. The number of ether oxygens (including phenoxy) is 1. The molecule has 0 aliphatic carbocycles. The van der Waals surface area contributed by atoms with E-state index in [1.807, 2.05) is 43.3 Å². The fourth-order valence-corrected chi connectivity index (χ4v) is 6.40. The predicted octanol–water partition coefficient (Wildman–Crippen LogP) is 1.59. The highest BCUT2D eigenvalue weighted by molar-refractivity contribution is 7.94. The van der Waals surface area contributed by atoms with Gasteiger partial charge in [-0.1, -0.05) is 19.1 Å². The van der Waals surface area contributed by atoms with Crippen LogP contribution in [0.15, 0.2) is 53.4 Å². The molecule has 2 aromatic rings. The molecule has 1 amide bonds. The SMILES string of the molecule is COc1ccc(C(CNS(=O)(=O)c2ccc(N3C(=O)C(C)CS3(=O)=O)cc2)N(C)C)cc1. The number of methoxy groups -OCH3 is 1. The average Bonchev–Trinajstić information content (AvgIpc) is 2.94. The fraction of sp³-hybridized carbons (Fsp3) is 0.381. The van der Waals surface area contributed by atoms with Crippen molar-refractivity contribution in [1.29, 1.82) is 0 Å². The molecule has 1 fully saturated rings. The largest absolute Gasteiger partial charge is 0.497 e. The van der Waals surface area contributed by atoms with Crippen LogP contribution in [0.25, 0.3) is 0 Å². The average molecular weight is 482 g/mol. The summed E-state index contributed by atoms with van der Waals surface area (Å²) in [6.07, 6.45) is 0. The minimum atomic E-state index is -3.86. The highest BCUT2D eigenvalue weighted by Crippen LogP contribution is 2.29. The molecule has 0 saturated carbocycles. The van der Waals surface area contributed by atoms with Gasteiger partial charge in [-0.2, -0.15) is 0 Å². The van der Waals surface area contributed by atoms with Crippen LogP contribution in [-0.4, -0.2) is 61.1 Å². The molecular formula is C21H27N3O6S2. The van der Waals surface area contributed by atoms with E-state index in [9.17, 15) is 21.6 Å². The number of nitrogens with zero attached hydrogens (tertiary/aromatic N) is 2. The molecule has 0 aromatic heterocycles. The summed E-state index contributed by atoms with van der Waals surface area (Å²) in [4.78, 5) is 14.1. The van der Waals surface area contributed by atoms with Gasteiger partial charge in [-0.15, -0.1) is 0 Å². The highest BCUT2D eigenvalue weighted by Gasteiger charge is 2.42. The number of likely N-dealkylation sites (N-methyl/N-ethyl adjacent to an activating group) is 1. The van der Waals surface area contributed by atoms with E-state index in [1.165, 1.54) is 24.3 Å². The van der Waals surface area contributed by atoms with Crippen molar-refractivity contribution in [3.8, 4) is 5.75 Å². The molecule has 0 radical (unpaired) electrons. The monoisotopic (exact) mass is 481 g/mol. The first-order valence-corrected chi connectivity index (χ1v) is 13.0. The molecule has 1 aliphatic heterocycles. The number of anilines is 1. The van der Waals surface area contributed by atoms with Gasteiger partial charge in [0.2, 0.25) is 26.0 Å². The Bertz CT molecular complexity index is 1180. The Morgan fingerprint density at radius 1 is 1.12 bits per heavy atom. The number of carbonyl (C=O) groups is 1. The summed E-state index contributed by atoms with van der Waals surface area (Å²) >= 11 is 0. The first-order chi connectivity index (χ1) is 15.0. The van der Waals surface area contributed by atoms with Crippen molar-refractivity contribution in [2.75, 3.05) is 37.8 Å². The number of amides is 1. The standard InChI is InChI=1S/C21H27N3O6S2/c1-15-14-31(26,27)24(21(15)25)17-7-11-19(12-8-17)32(28,29)22-13-20(23(2)3)16-5-9-18(30-4)10-6-16/h5-12,15,20,22H,13-14H2,1-4H3. The van der Waals surface area contributed by atoms with Crippen LogP contribution >= 0.6 is 0 Å². The van der Waals surface area contributed by atoms with Gasteiger partial charge in [-0.05, 0) is 56.1 Å². The van der Waals surface area contributed by atoms with Crippen LogP contribution in [0.2, 0.25) is 0 Å². The van der Waals surface area contributed by atoms with E-state index < -0.39 is 31.9 Å². The van der Waals surface area contributed by atoms with Crippen molar-refractivity contribution >= 4 is 31.6 Å². The molecule has 1 heterocycles. The molecule has 0 bridgehead atoms. The summed E-state index contributed by atoms with van der Waals surface area (Å²) in [5, 5.41) is 0. The minimum Gasteiger partial charge on any atom is -0.497 e. The quantitative estimate of drug-likeness (QED) is 0.609.